The quantitative estimate of drug-likeness (QED) is 0.420. The molecule has 7 nitrogen and oxygen atoms in total. The number of nitrogens with zero attached hydrogens (tertiary/aromatic N) is 3. The largest absolute Gasteiger partial charge is 0.355 e. The Morgan fingerprint density at radius 3 is 2.30 bits per heavy atom. The van der Waals surface area contributed by atoms with Gasteiger partial charge in [0.05, 0.1) is 11.8 Å². The second kappa shape index (κ2) is 12.2. The molecule has 0 spiro atoms. The summed E-state index contributed by atoms with van der Waals surface area (Å²) < 4.78 is 1.97. The van der Waals surface area contributed by atoms with Crippen molar-refractivity contribution in [1.29, 1.82) is 0 Å². The Morgan fingerprint density at radius 1 is 1.00 bits per heavy atom. The maximum atomic E-state index is 12.7. The summed E-state index contributed by atoms with van der Waals surface area (Å²) in [4.78, 5) is 25.0. The third-order valence-corrected chi connectivity index (χ3v) is 6.21. The smallest absolute Gasteiger partial charge is 0.251 e. The topological polar surface area (TPSA) is 88.9 Å². The summed E-state index contributed by atoms with van der Waals surface area (Å²) in [6.07, 6.45) is 0.795. The number of hydrogen-bond acceptors (Lipinski definition) is 5. The van der Waals surface area contributed by atoms with E-state index in [2.05, 4.69) is 20.8 Å². The Morgan fingerprint density at radius 2 is 1.67 bits per heavy atom. The van der Waals surface area contributed by atoms with Gasteiger partial charge < -0.3 is 15.2 Å². The van der Waals surface area contributed by atoms with Crippen LogP contribution in [0.25, 0.3) is 0 Å². The molecule has 1 atom stereocenters. The molecule has 0 fully saturated rings. The lowest BCUT2D eigenvalue weighted by Gasteiger charge is -2.22. The van der Waals surface area contributed by atoms with Gasteiger partial charge >= 0.3 is 0 Å². The molecule has 1 unspecified atom stereocenters. The second-order valence-corrected chi connectivity index (χ2v) is 8.96. The van der Waals surface area contributed by atoms with Gasteiger partial charge in [0.25, 0.3) is 5.91 Å². The molecule has 0 aliphatic heterocycles. The number of amides is 2. The highest BCUT2D eigenvalue weighted by Gasteiger charge is 2.26. The minimum absolute atomic E-state index is 0.0408. The van der Waals surface area contributed by atoms with E-state index >= 15 is 0 Å². The first-order valence-electron chi connectivity index (χ1n) is 11.2. The van der Waals surface area contributed by atoms with Crippen LogP contribution in [0.4, 0.5) is 0 Å². The number of carbonyl (C=O) groups excluding carboxylic acids is 2. The Balaban J connectivity index is 1.60. The van der Waals surface area contributed by atoms with Gasteiger partial charge in [-0.25, -0.2) is 0 Å². The monoisotopic (exact) mass is 465 g/mol. The van der Waals surface area contributed by atoms with E-state index in [4.69, 9.17) is 0 Å². The minimum atomic E-state index is -0.292. The third-order valence-electron chi connectivity index (χ3n) is 5.24. The van der Waals surface area contributed by atoms with Crippen LogP contribution < -0.4 is 10.6 Å². The third kappa shape index (κ3) is 6.92. The molecule has 0 saturated heterocycles. The highest BCUT2D eigenvalue weighted by Crippen LogP contribution is 2.25. The molecule has 1 aromatic heterocycles. The van der Waals surface area contributed by atoms with Crippen molar-refractivity contribution in [3.05, 3.63) is 77.6 Å². The fourth-order valence-corrected chi connectivity index (χ4v) is 4.29. The molecular weight excluding hydrogens is 434 g/mol. The zero-order valence-corrected chi connectivity index (χ0v) is 20.1. The summed E-state index contributed by atoms with van der Waals surface area (Å²) in [6.45, 7) is 7.32. The molecule has 1 heterocycles. The van der Waals surface area contributed by atoms with Crippen LogP contribution in [0.5, 0.6) is 0 Å². The molecule has 174 valence electrons. The molecule has 2 aromatic carbocycles. The van der Waals surface area contributed by atoms with Crippen molar-refractivity contribution in [3.63, 3.8) is 0 Å². The first-order valence-corrected chi connectivity index (χ1v) is 12.2. The Kier molecular flexibility index (Phi) is 9.06. The van der Waals surface area contributed by atoms with E-state index in [-0.39, 0.29) is 29.5 Å². The highest BCUT2D eigenvalue weighted by molar-refractivity contribution is 7.99. The molecular formula is C25H31N5O2S. The SMILES string of the molecule is CCn1c(SCC(=O)NCCc2ccccc2)nnc1C(NC(=O)c1ccccc1)C(C)C. The van der Waals surface area contributed by atoms with Crippen LogP contribution in [0.3, 0.4) is 0 Å². The summed E-state index contributed by atoms with van der Waals surface area (Å²) in [7, 11) is 0. The maximum absolute atomic E-state index is 12.7. The Hall–Kier alpha value is -3.13. The van der Waals surface area contributed by atoms with Crippen molar-refractivity contribution < 1.29 is 9.59 Å². The van der Waals surface area contributed by atoms with Gasteiger partial charge in [-0.3, -0.25) is 9.59 Å². The van der Waals surface area contributed by atoms with E-state index in [1.807, 2.05) is 73.9 Å². The van der Waals surface area contributed by atoms with Crippen LogP contribution in [0.15, 0.2) is 65.8 Å². The number of hydrogen-bond donors (Lipinski definition) is 2. The number of carbonyl (C=O) groups is 2. The normalized spacial score (nSPS) is 11.9. The van der Waals surface area contributed by atoms with Gasteiger partial charge in [-0.2, -0.15) is 0 Å². The first-order chi connectivity index (χ1) is 16.0. The number of thioether (sulfide) groups is 1. The van der Waals surface area contributed by atoms with Crippen LogP contribution in [0, 0.1) is 5.92 Å². The molecule has 33 heavy (non-hydrogen) atoms. The fourth-order valence-electron chi connectivity index (χ4n) is 3.45. The fraction of sp³-hybridized carbons (Fsp3) is 0.360. The first kappa shape index (κ1) is 24.5. The predicted molar refractivity (Wildman–Crippen MR) is 131 cm³/mol. The predicted octanol–water partition coefficient (Wildman–Crippen LogP) is 3.88. The van der Waals surface area contributed by atoms with Crippen molar-refractivity contribution in [2.24, 2.45) is 5.92 Å². The van der Waals surface area contributed by atoms with Gasteiger partial charge in [0.2, 0.25) is 5.91 Å². The van der Waals surface area contributed by atoms with E-state index in [9.17, 15) is 9.59 Å². The molecule has 3 rings (SSSR count). The number of benzene rings is 2. The van der Waals surface area contributed by atoms with Crippen LogP contribution >= 0.6 is 11.8 Å². The van der Waals surface area contributed by atoms with Crippen LogP contribution in [-0.4, -0.2) is 38.9 Å². The van der Waals surface area contributed by atoms with Gasteiger partial charge in [-0.05, 0) is 37.0 Å². The number of nitrogens with one attached hydrogen (secondary N) is 2. The molecule has 8 heteroatoms. The average Bonchev–Trinajstić information content (AvgIpc) is 3.24. The van der Waals surface area contributed by atoms with Crippen LogP contribution in [0.2, 0.25) is 0 Å². The molecule has 0 radical (unpaired) electrons. The second-order valence-electron chi connectivity index (χ2n) is 8.02. The standard InChI is InChI=1S/C25H31N5O2S/c1-4-30-23(22(18(2)3)27-24(32)20-13-9-6-10-14-20)28-29-25(30)33-17-21(31)26-16-15-19-11-7-5-8-12-19/h5-14,18,22H,4,15-17H2,1-3H3,(H,26,31)(H,27,32). The van der Waals surface area contributed by atoms with Crippen molar-refractivity contribution >= 4 is 23.6 Å². The lowest BCUT2D eigenvalue weighted by Crippen LogP contribution is -2.33. The average molecular weight is 466 g/mol. The van der Waals surface area contributed by atoms with E-state index < -0.39 is 0 Å². The van der Waals surface area contributed by atoms with Gasteiger partial charge in [-0.1, -0.05) is 74.1 Å². The highest BCUT2D eigenvalue weighted by atomic mass is 32.2. The zero-order chi connectivity index (χ0) is 23.6. The van der Waals surface area contributed by atoms with Gasteiger partial charge in [-0.15, -0.1) is 10.2 Å². The maximum Gasteiger partial charge on any atom is 0.251 e. The van der Waals surface area contributed by atoms with Crippen LogP contribution in [0.1, 0.15) is 48.6 Å². The zero-order valence-electron chi connectivity index (χ0n) is 19.3. The Labute approximate surface area is 199 Å². The molecule has 3 aromatic rings. The summed E-state index contributed by atoms with van der Waals surface area (Å²) in [5.41, 5.74) is 1.80. The van der Waals surface area contributed by atoms with Gasteiger partial charge in [0, 0.05) is 18.7 Å². The summed E-state index contributed by atoms with van der Waals surface area (Å²) in [5.74, 6) is 0.887. The summed E-state index contributed by atoms with van der Waals surface area (Å²) >= 11 is 1.36. The van der Waals surface area contributed by atoms with E-state index in [1.165, 1.54) is 17.3 Å². The van der Waals surface area contributed by atoms with Crippen molar-refractivity contribution in [2.75, 3.05) is 12.3 Å². The van der Waals surface area contributed by atoms with E-state index in [0.29, 0.717) is 29.6 Å². The van der Waals surface area contributed by atoms with Gasteiger partial charge in [0.15, 0.2) is 11.0 Å². The molecule has 2 N–H and O–H groups in total. The van der Waals surface area contributed by atoms with Crippen molar-refractivity contribution in [3.8, 4) is 0 Å². The summed E-state index contributed by atoms with van der Waals surface area (Å²) in [5, 5.41) is 15.4. The van der Waals surface area contributed by atoms with Gasteiger partial charge in [0.1, 0.15) is 0 Å². The Bertz CT molecular complexity index is 1040. The molecule has 0 bridgehead atoms. The number of rotatable bonds is 11. The molecule has 2 amide bonds. The molecule has 0 aliphatic carbocycles. The summed E-state index contributed by atoms with van der Waals surface area (Å²) in [6, 6.07) is 18.9. The van der Waals surface area contributed by atoms with Crippen molar-refractivity contribution in [1.82, 2.24) is 25.4 Å². The lowest BCUT2D eigenvalue weighted by molar-refractivity contribution is -0.118. The molecule has 0 aliphatic rings. The lowest BCUT2D eigenvalue weighted by atomic mass is 10.0. The van der Waals surface area contributed by atoms with E-state index in [0.717, 1.165) is 6.42 Å². The van der Waals surface area contributed by atoms with Crippen molar-refractivity contribution in [2.45, 2.75) is 44.9 Å². The molecule has 0 saturated carbocycles. The van der Waals surface area contributed by atoms with Crippen LogP contribution in [-0.2, 0) is 17.8 Å². The minimum Gasteiger partial charge on any atom is -0.355 e. The van der Waals surface area contributed by atoms with E-state index in [1.54, 1.807) is 12.1 Å². The number of aromatic nitrogens is 3.